The number of nitrogens with one attached hydrogen (secondary N) is 1. The summed E-state index contributed by atoms with van der Waals surface area (Å²) in [5, 5.41) is 14.0. The number of ether oxygens (including phenoxy) is 2. The molecule has 3 rings (SSSR count). The SMILES string of the molecule is O=[N+]([O-])c1cc2c(cc1NC1CCS(=O)(=O)C1)OCO2. The van der Waals surface area contributed by atoms with Gasteiger partial charge < -0.3 is 14.8 Å². The Kier molecular flexibility index (Phi) is 2.93. The van der Waals surface area contributed by atoms with Gasteiger partial charge in [0.25, 0.3) is 5.69 Å². The summed E-state index contributed by atoms with van der Waals surface area (Å²) >= 11 is 0. The van der Waals surface area contributed by atoms with Crippen LogP contribution in [0.15, 0.2) is 12.1 Å². The van der Waals surface area contributed by atoms with Crippen LogP contribution in [0.25, 0.3) is 0 Å². The van der Waals surface area contributed by atoms with Crippen molar-refractivity contribution in [2.75, 3.05) is 23.6 Å². The molecule has 2 aliphatic heterocycles. The first kappa shape index (κ1) is 13.0. The van der Waals surface area contributed by atoms with Gasteiger partial charge in [0, 0.05) is 12.1 Å². The fourth-order valence-corrected chi connectivity index (χ4v) is 4.00. The Morgan fingerprint density at radius 3 is 2.60 bits per heavy atom. The van der Waals surface area contributed by atoms with Gasteiger partial charge in [-0.25, -0.2) is 8.42 Å². The maximum absolute atomic E-state index is 11.4. The monoisotopic (exact) mass is 300 g/mol. The molecule has 0 aliphatic carbocycles. The van der Waals surface area contributed by atoms with Crippen molar-refractivity contribution in [1.82, 2.24) is 0 Å². The molecule has 1 saturated heterocycles. The molecule has 20 heavy (non-hydrogen) atoms. The number of nitrogens with zero attached hydrogens (tertiary/aromatic N) is 1. The van der Waals surface area contributed by atoms with Gasteiger partial charge in [-0.05, 0) is 6.42 Å². The predicted octanol–water partition coefficient (Wildman–Crippen LogP) is 0.922. The number of rotatable bonds is 3. The van der Waals surface area contributed by atoms with Crippen molar-refractivity contribution >= 4 is 21.2 Å². The minimum Gasteiger partial charge on any atom is -0.454 e. The molecule has 1 fully saturated rings. The van der Waals surface area contributed by atoms with E-state index in [1.807, 2.05) is 0 Å². The van der Waals surface area contributed by atoms with E-state index in [1.165, 1.54) is 12.1 Å². The van der Waals surface area contributed by atoms with E-state index >= 15 is 0 Å². The van der Waals surface area contributed by atoms with Gasteiger partial charge in [-0.3, -0.25) is 10.1 Å². The zero-order valence-electron chi connectivity index (χ0n) is 10.4. The predicted molar refractivity (Wildman–Crippen MR) is 69.9 cm³/mol. The molecule has 0 spiro atoms. The van der Waals surface area contributed by atoms with E-state index in [2.05, 4.69) is 5.32 Å². The van der Waals surface area contributed by atoms with E-state index in [1.54, 1.807) is 0 Å². The number of nitro benzene ring substituents is 1. The zero-order chi connectivity index (χ0) is 14.3. The molecular weight excluding hydrogens is 288 g/mol. The number of nitro groups is 1. The molecule has 1 aromatic carbocycles. The molecule has 108 valence electrons. The molecule has 0 amide bonds. The second kappa shape index (κ2) is 4.51. The van der Waals surface area contributed by atoms with E-state index in [9.17, 15) is 18.5 Å². The number of anilines is 1. The molecular formula is C11H12N2O6S. The molecule has 9 heteroatoms. The van der Waals surface area contributed by atoms with Crippen LogP contribution in [0.2, 0.25) is 0 Å². The molecule has 1 N–H and O–H groups in total. The van der Waals surface area contributed by atoms with Gasteiger partial charge in [-0.15, -0.1) is 0 Å². The Bertz CT molecular complexity index is 672. The van der Waals surface area contributed by atoms with Crippen LogP contribution in [0.3, 0.4) is 0 Å². The zero-order valence-corrected chi connectivity index (χ0v) is 11.2. The third-order valence-corrected chi connectivity index (χ3v) is 5.05. The normalized spacial score (nSPS) is 22.7. The number of hydrogen-bond acceptors (Lipinski definition) is 7. The molecule has 8 nitrogen and oxygen atoms in total. The first-order chi connectivity index (χ1) is 9.44. The van der Waals surface area contributed by atoms with Crippen LogP contribution >= 0.6 is 0 Å². The molecule has 1 aromatic rings. The summed E-state index contributed by atoms with van der Waals surface area (Å²) in [4.78, 5) is 10.5. The van der Waals surface area contributed by atoms with Crippen molar-refractivity contribution in [1.29, 1.82) is 0 Å². The van der Waals surface area contributed by atoms with E-state index in [4.69, 9.17) is 9.47 Å². The Balaban J connectivity index is 1.90. The molecule has 0 saturated carbocycles. The summed E-state index contributed by atoms with van der Waals surface area (Å²) in [6.45, 7) is 0.0216. The van der Waals surface area contributed by atoms with Crippen LogP contribution in [0, 0.1) is 10.1 Å². The lowest BCUT2D eigenvalue weighted by Crippen LogP contribution is -2.21. The summed E-state index contributed by atoms with van der Waals surface area (Å²) in [6.07, 6.45) is 0.438. The van der Waals surface area contributed by atoms with Crippen molar-refractivity contribution in [3.8, 4) is 11.5 Å². The molecule has 0 aromatic heterocycles. The van der Waals surface area contributed by atoms with Crippen molar-refractivity contribution in [3.05, 3.63) is 22.2 Å². The Hall–Kier alpha value is -2.03. The Labute approximate surface area is 114 Å². The first-order valence-corrected chi connectivity index (χ1v) is 7.82. The minimum absolute atomic E-state index is 0.0153. The average Bonchev–Trinajstić information content (AvgIpc) is 2.94. The van der Waals surface area contributed by atoms with Crippen LogP contribution < -0.4 is 14.8 Å². The fourth-order valence-electron chi connectivity index (χ4n) is 2.33. The van der Waals surface area contributed by atoms with Crippen LogP contribution in [0.4, 0.5) is 11.4 Å². The molecule has 0 bridgehead atoms. The smallest absolute Gasteiger partial charge is 0.296 e. The highest BCUT2D eigenvalue weighted by Gasteiger charge is 2.30. The second-order valence-electron chi connectivity index (χ2n) is 4.72. The maximum atomic E-state index is 11.4. The molecule has 0 radical (unpaired) electrons. The van der Waals surface area contributed by atoms with Crippen LogP contribution in [-0.4, -0.2) is 37.7 Å². The lowest BCUT2D eigenvalue weighted by molar-refractivity contribution is -0.384. The van der Waals surface area contributed by atoms with Gasteiger partial charge >= 0.3 is 0 Å². The Morgan fingerprint density at radius 1 is 1.30 bits per heavy atom. The highest BCUT2D eigenvalue weighted by atomic mass is 32.2. The van der Waals surface area contributed by atoms with Crippen LogP contribution in [0.5, 0.6) is 11.5 Å². The summed E-state index contributed by atoms with van der Waals surface area (Å²) < 4.78 is 33.1. The van der Waals surface area contributed by atoms with E-state index in [0.29, 0.717) is 17.9 Å². The molecule has 2 aliphatic rings. The average molecular weight is 300 g/mol. The first-order valence-electron chi connectivity index (χ1n) is 5.99. The number of hydrogen-bond donors (Lipinski definition) is 1. The van der Waals surface area contributed by atoms with E-state index in [-0.39, 0.29) is 35.7 Å². The van der Waals surface area contributed by atoms with E-state index < -0.39 is 14.8 Å². The van der Waals surface area contributed by atoms with Gasteiger partial charge in [0.2, 0.25) is 6.79 Å². The lowest BCUT2D eigenvalue weighted by Gasteiger charge is -2.13. The van der Waals surface area contributed by atoms with Gasteiger partial charge in [0.1, 0.15) is 5.69 Å². The number of sulfone groups is 1. The second-order valence-corrected chi connectivity index (χ2v) is 6.95. The van der Waals surface area contributed by atoms with E-state index in [0.717, 1.165) is 0 Å². The topological polar surface area (TPSA) is 108 Å². The molecule has 1 atom stereocenters. The molecule has 1 unspecified atom stereocenters. The highest BCUT2D eigenvalue weighted by Crippen LogP contribution is 2.41. The van der Waals surface area contributed by atoms with Crippen LogP contribution in [-0.2, 0) is 9.84 Å². The van der Waals surface area contributed by atoms with Crippen molar-refractivity contribution < 1.29 is 22.8 Å². The van der Waals surface area contributed by atoms with Crippen molar-refractivity contribution in [3.63, 3.8) is 0 Å². The van der Waals surface area contributed by atoms with Gasteiger partial charge in [-0.1, -0.05) is 0 Å². The summed E-state index contributed by atoms with van der Waals surface area (Å²) in [5.41, 5.74) is 0.0971. The third kappa shape index (κ3) is 2.36. The largest absolute Gasteiger partial charge is 0.454 e. The maximum Gasteiger partial charge on any atom is 0.296 e. The fraction of sp³-hybridized carbons (Fsp3) is 0.455. The summed E-state index contributed by atoms with van der Waals surface area (Å²) in [7, 11) is -3.05. The van der Waals surface area contributed by atoms with Gasteiger partial charge in [0.05, 0.1) is 22.5 Å². The number of benzene rings is 1. The van der Waals surface area contributed by atoms with Gasteiger partial charge in [0.15, 0.2) is 21.3 Å². The lowest BCUT2D eigenvalue weighted by atomic mass is 10.2. The van der Waals surface area contributed by atoms with Gasteiger partial charge in [-0.2, -0.15) is 0 Å². The third-order valence-electron chi connectivity index (χ3n) is 3.28. The minimum atomic E-state index is -3.05. The standard InChI is InChI=1S/C11H12N2O6S/c14-13(15)9-4-11-10(18-6-19-11)3-8(9)12-7-1-2-20(16,17)5-7/h3-4,7,12H,1-2,5-6H2. The number of fused-ring (bicyclic) bond motifs is 1. The quantitative estimate of drug-likeness (QED) is 0.653. The summed E-state index contributed by atoms with van der Waals surface area (Å²) in [6, 6.07) is 2.44. The summed E-state index contributed by atoms with van der Waals surface area (Å²) in [5.74, 6) is 0.821. The Morgan fingerprint density at radius 2 is 2.00 bits per heavy atom. The van der Waals surface area contributed by atoms with Crippen LogP contribution in [0.1, 0.15) is 6.42 Å². The van der Waals surface area contributed by atoms with Crippen molar-refractivity contribution in [2.24, 2.45) is 0 Å². The van der Waals surface area contributed by atoms with Crippen molar-refractivity contribution in [2.45, 2.75) is 12.5 Å². The molecule has 2 heterocycles. The highest BCUT2D eigenvalue weighted by molar-refractivity contribution is 7.91.